The lowest BCUT2D eigenvalue weighted by molar-refractivity contribution is 0.101. The maximum absolute atomic E-state index is 6.06. The van der Waals surface area contributed by atoms with E-state index in [4.69, 9.17) is 5.73 Å². The second-order valence-corrected chi connectivity index (χ2v) is 6.84. The largest absolute Gasteiger partial charge is 0.329 e. The zero-order chi connectivity index (χ0) is 14.7. The topological polar surface area (TPSA) is 32.5 Å². The number of aryl methyl sites for hydroxylation is 1. The van der Waals surface area contributed by atoms with Gasteiger partial charge in [0.25, 0.3) is 0 Å². The van der Waals surface area contributed by atoms with Gasteiger partial charge in [0.15, 0.2) is 0 Å². The molecule has 1 aliphatic heterocycles. The molecule has 0 aliphatic carbocycles. The molecule has 2 N–H and O–H groups in total. The van der Waals surface area contributed by atoms with Crippen molar-refractivity contribution in [1.82, 2.24) is 9.80 Å². The summed E-state index contributed by atoms with van der Waals surface area (Å²) in [5, 5.41) is 0. The van der Waals surface area contributed by atoms with Crippen molar-refractivity contribution in [3.05, 3.63) is 33.8 Å². The Balaban J connectivity index is 2.15. The Morgan fingerprint density at radius 2 is 2.25 bits per heavy atom. The van der Waals surface area contributed by atoms with Crippen molar-refractivity contribution in [1.29, 1.82) is 0 Å². The van der Waals surface area contributed by atoms with E-state index in [1.165, 1.54) is 35.0 Å². The van der Waals surface area contributed by atoms with Gasteiger partial charge in [0.1, 0.15) is 0 Å². The van der Waals surface area contributed by atoms with Gasteiger partial charge in [0, 0.05) is 29.6 Å². The second kappa shape index (κ2) is 7.03. The van der Waals surface area contributed by atoms with Crippen LogP contribution in [0.15, 0.2) is 22.7 Å². The summed E-state index contributed by atoms with van der Waals surface area (Å²) in [4.78, 5) is 4.88. The summed E-state index contributed by atoms with van der Waals surface area (Å²) in [5.74, 6) is 0. The van der Waals surface area contributed by atoms with Gasteiger partial charge in [-0.1, -0.05) is 28.1 Å². The van der Waals surface area contributed by atoms with Crippen LogP contribution in [0.2, 0.25) is 0 Å². The fourth-order valence-electron chi connectivity index (χ4n) is 3.08. The molecule has 1 aliphatic rings. The fourth-order valence-corrected chi connectivity index (χ4v) is 3.48. The van der Waals surface area contributed by atoms with Crippen molar-refractivity contribution in [3.8, 4) is 0 Å². The molecule has 1 saturated heterocycles. The Hall–Kier alpha value is -0.420. The van der Waals surface area contributed by atoms with Crippen molar-refractivity contribution in [2.24, 2.45) is 5.73 Å². The van der Waals surface area contributed by atoms with Gasteiger partial charge in [-0.05, 0) is 57.6 Å². The first kappa shape index (κ1) is 16.0. The van der Waals surface area contributed by atoms with Gasteiger partial charge in [-0.2, -0.15) is 0 Å². The fraction of sp³-hybridized carbons (Fsp3) is 0.625. The van der Waals surface area contributed by atoms with Crippen LogP contribution in [0, 0.1) is 6.92 Å². The van der Waals surface area contributed by atoms with Crippen LogP contribution in [0.1, 0.15) is 30.0 Å². The molecule has 112 valence electrons. The molecule has 4 heteroatoms. The number of likely N-dealkylation sites (N-methyl/N-ethyl adjacent to an activating group) is 2. The van der Waals surface area contributed by atoms with E-state index < -0.39 is 0 Å². The minimum atomic E-state index is 0.295. The van der Waals surface area contributed by atoms with Crippen molar-refractivity contribution in [3.63, 3.8) is 0 Å². The zero-order valence-electron chi connectivity index (χ0n) is 12.8. The van der Waals surface area contributed by atoms with Gasteiger partial charge >= 0.3 is 0 Å². The van der Waals surface area contributed by atoms with E-state index in [1.807, 2.05) is 0 Å². The number of piperidine rings is 1. The monoisotopic (exact) mass is 339 g/mol. The minimum Gasteiger partial charge on any atom is -0.329 e. The van der Waals surface area contributed by atoms with Crippen LogP contribution in [0.4, 0.5) is 0 Å². The Morgan fingerprint density at radius 1 is 1.50 bits per heavy atom. The molecule has 20 heavy (non-hydrogen) atoms. The van der Waals surface area contributed by atoms with E-state index in [2.05, 4.69) is 64.9 Å². The van der Waals surface area contributed by atoms with E-state index >= 15 is 0 Å². The first-order chi connectivity index (χ1) is 9.52. The van der Waals surface area contributed by atoms with Gasteiger partial charge < -0.3 is 10.6 Å². The van der Waals surface area contributed by atoms with Gasteiger partial charge in [0.05, 0.1) is 0 Å². The first-order valence-corrected chi connectivity index (χ1v) is 8.18. The lowest BCUT2D eigenvalue weighted by Gasteiger charge is -2.40. The smallest absolute Gasteiger partial charge is 0.0471 e. The summed E-state index contributed by atoms with van der Waals surface area (Å²) in [6, 6.07) is 7.49. The molecule has 1 aromatic rings. The number of benzene rings is 1. The average Bonchev–Trinajstić information content (AvgIpc) is 2.43. The van der Waals surface area contributed by atoms with E-state index in [-0.39, 0.29) is 0 Å². The lowest BCUT2D eigenvalue weighted by atomic mass is 9.99. The second-order valence-electron chi connectivity index (χ2n) is 5.98. The molecule has 0 radical (unpaired) electrons. The molecule has 1 aromatic carbocycles. The Bertz CT molecular complexity index is 449. The van der Waals surface area contributed by atoms with Crippen LogP contribution in [0.3, 0.4) is 0 Å². The number of hydrogen-bond donors (Lipinski definition) is 1. The average molecular weight is 340 g/mol. The Morgan fingerprint density at radius 3 is 2.85 bits per heavy atom. The summed E-state index contributed by atoms with van der Waals surface area (Å²) >= 11 is 3.63. The molecule has 0 amide bonds. The van der Waals surface area contributed by atoms with E-state index in [0.717, 1.165) is 6.54 Å². The van der Waals surface area contributed by atoms with Crippen LogP contribution >= 0.6 is 15.9 Å². The van der Waals surface area contributed by atoms with Gasteiger partial charge in [-0.25, -0.2) is 0 Å². The predicted molar refractivity (Wildman–Crippen MR) is 89.0 cm³/mol. The van der Waals surface area contributed by atoms with Crippen molar-refractivity contribution in [2.45, 2.75) is 31.8 Å². The molecule has 0 saturated carbocycles. The van der Waals surface area contributed by atoms with Crippen LogP contribution in [0.5, 0.6) is 0 Å². The third kappa shape index (κ3) is 3.61. The summed E-state index contributed by atoms with van der Waals surface area (Å²) in [6.45, 7) is 5.13. The van der Waals surface area contributed by atoms with Crippen molar-refractivity contribution < 1.29 is 0 Å². The summed E-state index contributed by atoms with van der Waals surface area (Å²) < 4.78 is 1.17. The molecule has 0 spiro atoms. The van der Waals surface area contributed by atoms with Crippen LogP contribution in [-0.4, -0.2) is 49.6 Å². The third-order valence-electron chi connectivity index (χ3n) is 4.47. The number of nitrogens with zero attached hydrogens (tertiary/aromatic N) is 2. The maximum atomic E-state index is 6.06. The number of nitrogens with two attached hydrogens (primary N) is 1. The van der Waals surface area contributed by atoms with Crippen molar-refractivity contribution >= 4 is 15.9 Å². The molecule has 2 unspecified atom stereocenters. The van der Waals surface area contributed by atoms with Gasteiger partial charge in [-0.15, -0.1) is 0 Å². The number of halogens is 1. The number of hydrogen-bond acceptors (Lipinski definition) is 3. The van der Waals surface area contributed by atoms with Gasteiger partial charge in [0.2, 0.25) is 0 Å². The summed E-state index contributed by atoms with van der Waals surface area (Å²) in [7, 11) is 4.43. The van der Waals surface area contributed by atoms with E-state index in [9.17, 15) is 0 Å². The molecular formula is C16H26BrN3. The quantitative estimate of drug-likeness (QED) is 0.915. The Kier molecular flexibility index (Phi) is 5.61. The molecule has 2 atom stereocenters. The molecular weight excluding hydrogens is 314 g/mol. The molecule has 0 bridgehead atoms. The highest BCUT2D eigenvalue weighted by atomic mass is 79.9. The third-order valence-corrected chi connectivity index (χ3v) is 5.33. The molecule has 0 aromatic heterocycles. The number of likely N-dealkylation sites (tertiary alicyclic amines) is 1. The predicted octanol–water partition coefficient (Wildman–Crippen LogP) is 2.78. The zero-order valence-corrected chi connectivity index (χ0v) is 14.4. The lowest BCUT2D eigenvalue weighted by Crippen LogP contribution is -2.47. The van der Waals surface area contributed by atoms with Crippen LogP contribution in [-0.2, 0) is 0 Å². The highest BCUT2D eigenvalue weighted by Crippen LogP contribution is 2.27. The normalized spacial score (nSPS) is 22.2. The number of rotatable bonds is 4. The molecule has 3 nitrogen and oxygen atoms in total. The highest BCUT2D eigenvalue weighted by molar-refractivity contribution is 9.10. The van der Waals surface area contributed by atoms with Crippen LogP contribution in [0.25, 0.3) is 0 Å². The maximum Gasteiger partial charge on any atom is 0.0471 e. The SMILES string of the molecule is Cc1ccc(C(CN)N(C)C2CCCN(C)C2)cc1Br. The first-order valence-electron chi connectivity index (χ1n) is 7.39. The van der Waals surface area contributed by atoms with Gasteiger partial charge in [-0.3, -0.25) is 4.90 Å². The van der Waals surface area contributed by atoms with E-state index in [0.29, 0.717) is 18.6 Å². The summed E-state index contributed by atoms with van der Waals surface area (Å²) in [5.41, 5.74) is 8.64. The molecule has 1 fully saturated rings. The highest BCUT2D eigenvalue weighted by Gasteiger charge is 2.26. The van der Waals surface area contributed by atoms with Crippen molar-refractivity contribution in [2.75, 3.05) is 33.7 Å². The minimum absolute atomic E-state index is 0.295. The standard InChI is InChI=1S/C16H26BrN3/c1-12-6-7-13(9-15(12)17)16(10-18)20(3)14-5-4-8-19(2)11-14/h6-7,9,14,16H,4-5,8,10-11,18H2,1-3H3. The van der Waals surface area contributed by atoms with E-state index in [1.54, 1.807) is 0 Å². The Labute approximate surface area is 131 Å². The molecule has 2 rings (SSSR count). The summed E-state index contributed by atoms with van der Waals surface area (Å²) in [6.07, 6.45) is 2.55. The molecule has 1 heterocycles. The van der Waals surface area contributed by atoms with Crippen LogP contribution < -0.4 is 5.73 Å².